The second-order valence-electron chi connectivity index (χ2n) is 10.5. The molecule has 0 bridgehead atoms. The van der Waals surface area contributed by atoms with Crippen molar-refractivity contribution < 1.29 is 34.6 Å². The first kappa shape index (κ1) is 26.9. The van der Waals surface area contributed by atoms with Gasteiger partial charge >= 0.3 is 0 Å². The first-order chi connectivity index (χ1) is 18.2. The number of fused-ring (bicyclic) bond motifs is 1. The highest BCUT2D eigenvalue weighted by molar-refractivity contribution is 6.31. The summed E-state index contributed by atoms with van der Waals surface area (Å²) in [6, 6.07) is 19.3. The molecular formula is C30H33ClO7. The number of aliphatic hydroxyl groups excluding tert-OH is 4. The third-order valence-corrected chi connectivity index (χ3v) is 7.66. The summed E-state index contributed by atoms with van der Waals surface area (Å²) in [6.45, 7) is 4.08. The molecular weight excluding hydrogens is 508 g/mol. The summed E-state index contributed by atoms with van der Waals surface area (Å²) in [5.41, 5.74) is 4.42. The highest BCUT2D eigenvalue weighted by Crippen LogP contribution is 2.37. The molecule has 4 N–H and O–H groups in total. The van der Waals surface area contributed by atoms with E-state index in [1.807, 2.05) is 36.4 Å². The molecule has 0 aromatic heterocycles. The second kappa shape index (κ2) is 10.8. The summed E-state index contributed by atoms with van der Waals surface area (Å²) >= 11 is 6.48. The van der Waals surface area contributed by atoms with Crippen LogP contribution >= 0.6 is 11.6 Å². The number of rotatable bonds is 7. The lowest BCUT2D eigenvalue weighted by Crippen LogP contribution is -2.55. The Balaban J connectivity index is 1.23. The highest BCUT2D eigenvalue weighted by atomic mass is 35.5. The Hall–Kier alpha value is -2.65. The molecule has 2 heterocycles. The largest absolute Gasteiger partial charge is 0.489 e. The Morgan fingerprint density at radius 2 is 1.74 bits per heavy atom. The fourth-order valence-electron chi connectivity index (χ4n) is 5.17. The van der Waals surface area contributed by atoms with E-state index in [0.717, 1.165) is 29.0 Å². The normalized spacial score (nSPS) is 28.6. The number of halogens is 1. The molecule has 0 saturated carbocycles. The van der Waals surface area contributed by atoms with Gasteiger partial charge in [0.05, 0.1) is 6.61 Å². The maximum atomic E-state index is 10.5. The van der Waals surface area contributed by atoms with Gasteiger partial charge in [0.15, 0.2) is 0 Å². The molecule has 3 aromatic rings. The van der Waals surface area contributed by atoms with Crippen LogP contribution in [0.15, 0.2) is 60.7 Å². The van der Waals surface area contributed by atoms with Crippen LogP contribution in [0.5, 0.6) is 11.5 Å². The van der Waals surface area contributed by atoms with Crippen molar-refractivity contribution in [2.45, 2.75) is 62.8 Å². The van der Waals surface area contributed by atoms with Crippen molar-refractivity contribution in [3.8, 4) is 11.5 Å². The summed E-state index contributed by atoms with van der Waals surface area (Å²) < 4.78 is 17.9. The number of aliphatic hydroxyl groups is 4. The zero-order valence-corrected chi connectivity index (χ0v) is 22.1. The van der Waals surface area contributed by atoms with Crippen molar-refractivity contribution in [1.29, 1.82) is 0 Å². The first-order valence-corrected chi connectivity index (χ1v) is 13.1. The second-order valence-corrected chi connectivity index (χ2v) is 11.0. The SMILES string of the molecule is Cc1ccc2c(c1)CC(C)(COc1ccc(Cc3cc([C@@H]4O[C@H](CO)[C@@H](O)[C@H](O)[C@H]4O)ccc3Cl)cc1)O2. The molecule has 2 aliphatic heterocycles. The van der Waals surface area contributed by atoms with Gasteiger partial charge in [-0.1, -0.05) is 53.6 Å². The van der Waals surface area contributed by atoms with Crippen molar-refractivity contribution in [2.75, 3.05) is 13.2 Å². The lowest BCUT2D eigenvalue weighted by Gasteiger charge is -2.40. The third-order valence-electron chi connectivity index (χ3n) is 7.29. The quantitative estimate of drug-likeness (QED) is 0.363. The van der Waals surface area contributed by atoms with Crippen LogP contribution in [0.2, 0.25) is 5.02 Å². The number of benzene rings is 3. The Bertz CT molecular complexity index is 1280. The maximum absolute atomic E-state index is 10.5. The Kier molecular flexibility index (Phi) is 7.69. The van der Waals surface area contributed by atoms with E-state index in [-0.39, 0.29) is 0 Å². The van der Waals surface area contributed by atoms with Crippen LogP contribution in [0.4, 0.5) is 0 Å². The average molecular weight is 541 g/mol. The molecule has 2 aliphatic rings. The smallest absolute Gasteiger partial charge is 0.144 e. The lowest BCUT2D eigenvalue weighted by atomic mass is 9.90. The van der Waals surface area contributed by atoms with Gasteiger partial charge in [0, 0.05) is 11.4 Å². The number of hydrogen-bond donors (Lipinski definition) is 4. The predicted octanol–water partition coefficient (Wildman–Crippen LogP) is 3.53. The van der Waals surface area contributed by atoms with Crippen LogP contribution in [0.3, 0.4) is 0 Å². The van der Waals surface area contributed by atoms with E-state index in [1.54, 1.807) is 12.1 Å². The van der Waals surface area contributed by atoms with Crippen LogP contribution in [0, 0.1) is 6.92 Å². The van der Waals surface area contributed by atoms with Gasteiger partial charge in [-0.3, -0.25) is 0 Å². The lowest BCUT2D eigenvalue weighted by molar-refractivity contribution is -0.231. The van der Waals surface area contributed by atoms with Crippen LogP contribution in [0.25, 0.3) is 0 Å². The number of hydrogen-bond acceptors (Lipinski definition) is 7. The zero-order valence-electron chi connectivity index (χ0n) is 21.4. The topological polar surface area (TPSA) is 109 Å². The predicted molar refractivity (Wildman–Crippen MR) is 143 cm³/mol. The van der Waals surface area contributed by atoms with Gasteiger partial charge in [-0.2, -0.15) is 0 Å². The summed E-state index contributed by atoms with van der Waals surface area (Å²) in [5, 5.41) is 40.8. The Morgan fingerprint density at radius 3 is 2.47 bits per heavy atom. The van der Waals surface area contributed by atoms with E-state index >= 15 is 0 Å². The van der Waals surface area contributed by atoms with Gasteiger partial charge < -0.3 is 34.6 Å². The van der Waals surface area contributed by atoms with Crippen LogP contribution in [0.1, 0.15) is 40.8 Å². The summed E-state index contributed by atoms with van der Waals surface area (Å²) in [5.74, 6) is 1.66. The average Bonchev–Trinajstić information content (AvgIpc) is 3.24. The molecule has 1 unspecified atom stereocenters. The first-order valence-electron chi connectivity index (χ1n) is 12.7. The molecule has 1 fully saturated rings. The van der Waals surface area contributed by atoms with Gasteiger partial charge in [-0.05, 0) is 66.8 Å². The molecule has 0 amide bonds. The van der Waals surface area contributed by atoms with Gasteiger partial charge in [0.2, 0.25) is 0 Å². The molecule has 0 radical (unpaired) electrons. The van der Waals surface area contributed by atoms with Gasteiger partial charge in [-0.25, -0.2) is 0 Å². The zero-order chi connectivity index (χ0) is 27.0. The van der Waals surface area contributed by atoms with Crippen LogP contribution in [-0.2, 0) is 17.6 Å². The standard InChI is InChI=1S/C30H33ClO7/c1-17-3-10-24-21(11-17)14-30(2,38-24)16-36-22-7-4-18(5-8-22)12-20-13-19(6-9-23(20)31)29-28(35)27(34)26(33)25(15-32)37-29/h3-11,13,25-29,32-35H,12,14-16H2,1-2H3/t25-,26-,27+,28-,29+,30?/m1/s1. The number of aryl methyl sites for hydroxylation is 1. The summed E-state index contributed by atoms with van der Waals surface area (Å²) in [4.78, 5) is 0. The van der Waals surface area contributed by atoms with Gasteiger partial charge in [0.25, 0.3) is 0 Å². The highest BCUT2D eigenvalue weighted by Gasteiger charge is 2.44. The van der Waals surface area contributed by atoms with E-state index in [2.05, 4.69) is 26.0 Å². The van der Waals surface area contributed by atoms with Crippen LogP contribution < -0.4 is 9.47 Å². The van der Waals surface area contributed by atoms with E-state index in [9.17, 15) is 20.4 Å². The molecule has 6 atom stereocenters. The Labute approximate surface area is 227 Å². The van der Waals surface area contributed by atoms with Crippen molar-refractivity contribution >= 4 is 11.6 Å². The van der Waals surface area contributed by atoms with E-state index < -0.39 is 42.7 Å². The molecule has 1 saturated heterocycles. The molecule has 38 heavy (non-hydrogen) atoms. The molecule has 202 valence electrons. The molecule has 0 spiro atoms. The van der Waals surface area contributed by atoms with Crippen molar-refractivity contribution in [1.82, 2.24) is 0 Å². The fourth-order valence-corrected chi connectivity index (χ4v) is 5.36. The summed E-state index contributed by atoms with van der Waals surface area (Å²) in [6.07, 6.45) is -4.74. The van der Waals surface area contributed by atoms with E-state index in [1.165, 1.54) is 11.1 Å². The molecule has 0 aliphatic carbocycles. The monoisotopic (exact) mass is 540 g/mol. The molecule has 5 rings (SSSR count). The van der Waals surface area contributed by atoms with Crippen molar-refractivity contribution in [2.24, 2.45) is 0 Å². The molecule has 7 nitrogen and oxygen atoms in total. The Morgan fingerprint density at radius 1 is 0.974 bits per heavy atom. The number of ether oxygens (including phenoxy) is 3. The minimum Gasteiger partial charge on any atom is -0.489 e. The minimum atomic E-state index is -1.44. The maximum Gasteiger partial charge on any atom is 0.144 e. The fraction of sp³-hybridized carbons (Fsp3) is 0.400. The molecule has 8 heteroatoms. The van der Waals surface area contributed by atoms with Gasteiger partial charge in [-0.15, -0.1) is 0 Å². The van der Waals surface area contributed by atoms with Crippen molar-refractivity contribution in [3.63, 3.8) is 0 Å². The van der Waals surface area contributed by atoms with E-state index in [4.69, 9.17) is 25.8 Å². The summed E-state index contributed by atoms with van der Waals surface area (Å²) in [7, 11) is 0. The third kappa shape index (κ3) is 5.54. The molecule has 3 aromatic carbocycles. The van der Waals surface area contributed by atoms with E-state index in [0.29, 0.717) is 23.6 Å². The van der Waals surface area contributed by atoms with Gasteiger partial charge in [0.1, 0.15) is 54.2 Å². The minimum absolute atomic E-state index is 0.423. The van der Waals surface area contributed by atoms with Crippen LogP contribution in [-0.4, -0.2) is 63.7 Å². The van der Waals surface area contributed by atoms with Crippen molar-refractivity contribution in [3.05, 3.63) is 93.5 Å².